The molecule has 1 aromatic heterocycles. The van der Waals surface area contributed by atoms with Gasteiger partial charge in [0, 0.05) is 25.1 Å². The predicted octanol–water partition coefficient (Wildman–Crippen LogP) is 5.16. The lowest BCUT2D eigenvalue weighted by molar-refractivity contribution is -0.130. The van der Waals surface area contributed by atoms with Gasteiger partial charge < -0.3 is 15.0 Å². The maximum atomic E-state index is 13.0. The topological polar surface area (TPSA) is 130 Å². The monoisotopic (exact) mass is 570 g/mol. The van der Waals surface area contributed by atoms with Crippen LogP contribution in [0.4, 0.5) is 4.79 Å². The number of nitrogens with zero attached hydrogens (tertiary/aromatic N) is 2. The van der Waals surface area contributed by atoms with Gasteiger partial charge in [-0.15, -0.1) is 11.8 Å². The van der Waals surface area contributed by atoms with Crippen LogP contribution < -0.4 is 10.0 Å². The van der Waals surface area contributed by atoms with E-state index < -0.39 is 22.0 Å². The number of aliphatic carboxylic acids is 1. The molecule has 0 radical (unpaired) electrons. The van der Waals surface area contributed by atoms with Gasteiger partial charge in [-0.05, 0) is 36.3 Å². The summed E-state index contributed by atoms with van der Waals surface area (Å²) in [7, 11) is -4.11. The molecule has 2 amide bonds. The molecule has 0 fully saturated rings. The van der Waals surface area contributed by atoms with E-state index in [4.69, 9.17) is 4.98 Å². The van der Waals surface area contributed by atoms with E-state index in [0.717, 1.165) is 24.2 Å². The molecule has 2 aromatic carbocycles. The summed E-state index contributed by atoms with van der Waals surface area (Å²) in [6, 6.07) is 13.1. The van der Waals surface area contributed by atoms with E-state index in [2.05, 4.69) is 23.5 Å². The van der Waals surface area contributed by atoms with Crippen LogP contribution in [0.2, 0.25) is 0 Å². The average molecular weight is 571 g/mol. The Balaban J connectivity index is 1.95. The van der Waals surface area contributed by atoms with Crippen LogP contribution in [0.15, 0.2) is 65.0 Å². The molecule has 0 unspecified atom stereocenters. The van der Waals surface area contributed by atoms with Crippen LogP contribution in [0.5, 0.6) is 0 Å². The van der Waals surface area contributed by atoms with Crippen molar-refractivity contribution < 1.29 is 23.1 Å². The second-order valence-electron chi connectivity index (χ2n) is 8.91. The smallest absolute Gasteiger partial charge is 0.337 e. The van der Waals surface area contributed by atoms with Crippen LogP contribution in [0.3, 0.4) is 0 Å². The van der Waals surface area contributed by atoms with E-state index in [1.165, 1.54) is 17.8 Å². The zero-order valence-electron chi connectivity index (χ0n) is 22.4. The Morgan fingerprint density at radius 3 is 2.38 bits per heavy atom. The van der Waals surface area contributed by atoms with E-state index >= 15 is 0 Å². The largest absolute Gasteiger partial charge is 0.478 e. The Bertz CT molecular complexity index is 1450. The van der Waals surface area contributed by atoms with Crippen LogP contribution >= 0.6 is 11.8 Å². The number of imidazole rings is 1. The molecule has 208 valence electrons. The number of hydrogen-bond donors (Lipinski definition) is 3. The summed E-state index contributed by atoms with van der Waals surface area (Å²) in [5.74, 6) is -0.301. The predicted molar refractivity (Wildman–Crippen MR) is 154 cm³/mol. The third-order valence-corrected chi connectivity index (χ3v) is 8.11. The van der Waals surface area contributed by atoms with Gasteiger partial charge in [0.2, 0.25) is 0 Å². The number of amides is 2. The molecular weight excluding hydrogens is 536 g/mol. The molecule has 9 nitrogen and oxygen atoms in total. The first kappa shape index (κ1) is 30.0. The van der Waals surface area contributed by atoms with Crippen molar-refractivity contribution in [3.8, 4) is 11.1 Å². The van der Waals surface area contributed by atoms with Crippen molar-refractivity contribution in [2.75, 3.05) is 12.8 Å². The number of aryl methyl sites for hydroxylation is 1. The normalized spacial score (nSPS) is 11.3. The molecule has 0 aliphatic carbocycles. The Morgan fingerprint density at radius 1 is 1.08 bits per heavy atom. The van der Waals surface area contributed by atoms with Gasteiger partial charge in [-0.2, -0.15) is 0 Å². The van der Waals surface area contributed by atoms with E-state index in [0.29, 0.717) is 47.8 Å². The van der Waals surface area contributed by atoms with Gasteiger partial charge in [0.05, 0.1) is 16.2 Å². The number of aromatic nitrogens is 2. The number of nitrogens with one attached hydrogen (secondary N) is 2. The standard InChI is InChI=1S/C28H34N4O5S2/c1-5-7-12-24-30-26(38-4)25(19(3)27(33)34)32(24)18-20-13-15-21(16-14-20)22-10-8-9-11-23(22)39(36,37)31-28(35)29-17-6-2/h8-11,13-16H,3,5-7,12,17-18H2,1-2,4H3,(H,33,34)(H2,29,31,35). The van der Waals surface area contributed by atoms with Gasteiger partial charge in [-0.25, -0.2) is 27.7 Å². The van der Waals surface area contributed by atoms with Crippen molar-refractivity contribution in [1.29, 1.82) is 0 Å². The van der Waals surface area contributed by atoms with Gasteiger partial charge in [0.25, 0.3) is 10.0 Å². The lowest BCUT2D eigenvalue weighted by atomic mass is 10.0. The fourth-order valence-electron chi connectivity index (χ4n) is 4.07. The fraction of sp³-hybridized carbons (Fsp3) is 0.321. The van der Waals surface area contributed by atoms with E-state index in [1.807, 2.05) is 42.0 Å². The Labute approximate surface area is 233 Å². The number of unbranched alkanes of at least 4 members (excludes halogenated alkanes) is 1. The highest BCUT2D eigenvalue weighted by Crippen LogP contribution is 2.30. The second kappa shape index (κ2) is 13.5. The van der Waals surface area contributed by atoms with Gasteiger partial charge in [0.15, 0.2) is 0 Å². The van der Waals surface area contributed by atoms with Crippen molar-refractivity contribution in [3.05, 3.63) is 72.2 Å². The number of carboxylic acids is 1. The minimum Gasteiger partial charge on any atom is -0.478 e. The lowest BCUT2D eigenvalue weighted by Gasteiger charge is -2.14. The highest BCUT2D eigenvalue weighted by atomic mass is 32.2. The zero-order chi connectivity index (χ0) is 28.6. The molecule has 0 aliphatic heterocycles. The molecule has 1 heterocycles. The number of sulfonamides is 1. The van der Waals surface area contributed by atoms with Crippen LogP contribution in [0.25, 0.3) is 16.7 Å². The Hall–Kier alpha value is -3.57. The van der Waals surface area contributed by atoms with E-state index in [-0.39, 0.29) is 10.5 Å². The molecule has 0 spiro atoms. The van der Waals surface area contributed by atoms with Crippen molar-refractivity contribution >= 4 is 39.4 Å². The van der Waals surface area contributed by atoms with Crippen molar-refractivity contribution in [2.24, 2.45) is 0 Å². The fourth-order valence-corrected chi connectivity index (χ4v) is 5.85. The highest BCUT2D eigenvalue weighted by molar-refractivity contribution is 7.98. The Kier molecular flexibility index (Phi) is 10.4. The number of carboxylic acid groups (broad SMARTS) is 1. The third-order valence-electron chi connectivity index (χ3n) is 6.05. The molecule has 3 aromatic rings. The summed E-state index contributed by atoms with van der Waals surface area (Å²) in [5.41, 5.74) is 2.48. The number of hydrogen-bond acceptors (Lipinski definition) is 6. The minimum absolute atomic E-state index is 0.00878. The summed E-state index contributed by atoms with van der Waals surface area (Å²) >= 11 is 1.38. The first-order valence-corrected chi connectivity index (χ1v) is 15.4. The van der Waals surface area contributed by atoms with E-state index in [9.17, 15) is 23.1 Å². The van der Waals surface area contributed by atoms with Crippen LogP contribution in [-0.2, 0) is 27.8 Å². The van der Waals surface area contributed by atoms with Crippen molar-refractivity contribution in [1.82, 2.24) is 19.6 Å². The molecule has 0 bridgehead atoms. The number of thioether (sulfide) groups is 1. The maximum Gasteiger partial charge on any atom is 0.337 e. The molecule has 39 heavy (non-hydrogen) atoms. The summed E-state index contributed by atoms with van der Waals surface area (Å²) in [6.07, 6.45) is 5.14. The number of carbonyl (C=O) groups excluding carboxylic acids is 1. The minimum atomic E-state index is -4.11. The van der Waals surface area contributed by atoms with Gasteiger partial charge in [-0.1, -0.05) is 69.3 Å². The molecular formula is C28H34N4O5S2. The third kappa shape index (κ3) is 7.30. The van der Waals surface area contributed by atoms with E-state index in [1.54, 1.807) is 18.2 Å². The Morgan fingerprint density at radius 2 is 1.77 bits per heavy atom. The van der Waals surface area contributed by atoms with Crippen molar-refractivity contribution in [2.45, 2.75) is 56.0 Å². The lowest BCUT2D eigenvalue weighted by Crippen LogP contribution is -2.39. The first-order chi connectivity index (χ1) is 18.6. The highest BCUT2D eigenvalue weighted by Gasteiger charge is 2.24. The maximum absolute atomic E-state index is 13.0. The summed E-state index contributed by atoms with van der Waals surface area (Å²) < 4.78 is 29.9. The number of benzene rings is 2. The average Bonchev–Trinajstić information content (AvgIpc) is 3.27. The van der Waals surface area contributed by atoms with Crippen LogP contribution in [0, 0.1) is 0 Å². The zero-order valence-corrected chi connectivity index (χ0v) is 24.0. The number of carbonyl (C=O) groups is 2. The molecule has 0 saturated heterocycles. The van der Waals surface area contributed by atoms with Crippen molar-refractivity contribution in [3.63, 3.8) is 0 Å². The molecule has 0 aliphatic rings. The second-order valence-corrected chi connectivity index (χ2v) is 11.4. The molecule has 11 heteroatoms. The molecule has 3 rings (SSSR count). The SMILES string of the molecule is C=C(C(=O)O)c1c(SC)nc(CCCC)n1Cc1ccc(-c2ccccc2S(=O)(=O)NC(=O)NCCC)cc1. The first-order valence-electron chi connectivity index (χ1n) is 12.7. The van der Waals surface area contributed by atoms with Gasteiger partial charge in [-0.3, -0.25) is 0 Å². The summed E-state index contributed by atoms with van der Waals surface area (Å²) in [4.78, 5) is 28.5. The van der Waals surface area contributed by atoms with Crippen LogP contribution in [-0.4, -0.2) is 47.9 Å². The van der Waals surface area contributed by atoms with Crippen LogP contribution in [0.1, 0.15) is 50.2 Å². The number of rotatable bonds is 13. The molecule has 0 saturated carbocycles. The van der Waals surface area contributed by atoms with Gasteiger partial charge in [0.1, 0.15) is 10.9 Å². The number of urea groups is 1. The quantitative estimate of drug-likeness (QED) is 0.191. The molecule has 0 atom stereocenters. The molecule has 3 N–H and O–H groups in total. The summed E-state index contributed by atoms with van der Waals surface area (Å²) in [5, 5.41) is 12.8. The van der Waals surface area contributed by atoms with Gasteiger partial charge >= 0.3 is 12.0 Å². The summed E-state index contributed by atoms with van der Waals surface area (Å²) in [6.45, 7) is 8.49.